The minimum absolute atomic E-state index is 0.0566. The van der Waals surface area contributed by atoms with Gasteiger partial charge in [0.2, 0.25) is 11.9 Å². The highest BCUT2D eigenvalue weighted by Gasteiger charge is 2.29. The summed E-state index contributed by atoms with van der Waals surface area (Å²) in [5.74, 6) is 0.113. The number of aromatic nitrogens is 6. The van der Waals surface area contributed by atoms with Crippen LogP contribution in [0.2, 0.25) is 0 Å². The van der Waals surface area contributed by atoms with E-state index < -0.39 is 24.4 Å². The second-order valence-corrected chi connectivity index (χ2v) is 9.52. The van der Waals surface area contributed by atoms with Crippen LogP contribution in [0.1, 0.15) is 11.1 Å². The lowest BCUT2D eigenvalue weighted by molar-refractivity contribution is 0.0441. The zero-order valence-corrected chi connectivity index (χ0v) is 21.0. The fourth-order valence-corrected chi connectivity index (χ4v) is 4.70. The number of aromatic amines is 4. The number of aliphatic hydroxyl groups is 4. The van der Waals surface area contributed by atoms with Gasteiger partial charge in [0.25, 0.3) is 11.1 Å². The van der Waals surface area contributed by atoms with Crippen molar-refractivity contribution >= 4 is 34.0 Å². The van der Waals surface area contributed by atoms with Gasteiger partial charge in [-0.1, -0.05) is 24.3 Å². The third-order valence-corrected chi connectivity index (χ3v) is 6.81. The van der Waals surface area contributed by atoms with E-state index in [2.05, 4.69) is 40.5 Å². The molecule has 2 aliphatic carbocycles. The van der Waals surface area contributed by atoms with Crippen molar-refractivity contribution in [3.05, 3.63) is 68.5 Å². The largest absolute Gasteiger partial charge is 0.388 e. The van der Waals surface area contributed by atoms with E-state index in [-0.39, 0.29) is 35.1 Å². The SMILES string of the molecule is Nc1nc2[nH]cc(CN[C@@H]3C=C[C@@H](O)[C@H]3O)c2c(=O)[nH]1.Nc1nc2[nH]cc(CN[C@H]3C=C[C@H](O)[C@@H]3O)c2c(=O)[nH]1. The Morgan fingerprint density at radius 1 is 0.700 bits per heavy atom. The van der Waals surface area contributed by atoms with Crippen molar-refractivity contribution in [3.8, 4) is 0 Å². The normalized spacial score (nSPS) is 25.6. The number of H-pyrrole nitrogens is 4. The molecule has 0 aliphatic heterocycles. The summed E-state index contributed by atoms with van der Waals surface area (Å²) in [5.41, 5.74) is 12.6. The summed E-state index contributed by atoms with van der Waals surface area (Å²) in [5, 5.41) is 45.2. The highest BCUT2D eigenvalue weighted by molar-refractivity contribution is 5.80. The molecule has 212 valence electrons. The molecule has 4 heterocycles. The molecule has 2 aliphatic rings. The van der Waals surface area contributed by atoms with Crippen molar-refractivity contribution in [2.75, 3.05) is 11.5 Å². The zero-order chi connectivity index (χ0) is 28.6. The third kappa shape index (κ3) is 5.39. The molecule has 0 fully saturated rings. The Morgan fingerprint density at radius 2 is 1.10 bits per heavy atom. The lowest BCUT2D eigenvalue weighted by atomic mass is 10.1. The summed E-state index contributed by atoms with van der Waals surface area (Å²) in [6, 6.07) is -0.702. The van der Waals surface area contributed by atoms with E-state index in [1.165, 1.54) is 12.2 Å². The van der Waals surface area contributed by atoms with Crippen LogP contribution in [0.5, 0.6) is 0 Å². The van der Waals surface area contributed by atoms with Gasteiger partial charge >= 0.3 is 0 Å². The van der Waals surface area contributed by atoms with Crippen LogP contribution in [0.4, 0.5) is 11.9 Å². The molecule has 0 bridgehead atoms. The Morgan fingerprint density at radius 3 is 1.45 bits per heavy atom. The van der Waals surface area contributed by atoms with Crippen molar-refractivity contribution in [3.63, 3.8) is 0 Å². The summed E-state index contributed by atoms with van der Waals surface area (Å²) in [6.07, 6.45) is 6.32. The van der Waals surface area contributed by atoms with Gasteiger partial charge in [-0.05, 0) is 11.1 Å². The first kappa shape index (κ1) is 27.3. The number of nitrogens with zero attached hydrogens (tertiary/aromatic N) is 2. The van der Waals surface area contributed by atoms with Gasteiger partial charge in [0.15, 0.2) is 0 Å². The number of hydrogen-bond acceptors (Lipinski definition) is 12. The van der Waals surface area contributed by atoms with Gasteiger partial charge in [0, 0.05) is 25.5 Å². The molecule has 16 heteroatoms. The molecule has 0 saturated heterocycles. The van der Waals surface area contributed by atoms with Crippen LogP contribution >= 0.6 is 0 Å². The predicted octanol–water partition coefficient (Wildman–Crippen LogP) is -2.83. The molecule has 4 aromatic rings. The van der Waals surface area contributed by atoms with Gasteiger partial charge in [-0.15, -0.1) is 0 Å². The average molecular weight is 555 g/mol. The van der Waals surface area contributed by atoms with Crippen molar-refractivity contribution < 1.29 is 20.4 Å². The Hall–Kier alpha value is -4.32. The van der Waals surface area contributed by atoms with Crippen LogP contribution in [-0.4, -0.2) is 86.8 Å². The highest BCUT2D eigenvalue weighted by Crippen LogP contribution is 2.17. The van der Waals surface area contributed by atoms with Crippen LogP contribution in [0.25, 0.3) is 22.1 Å². The van der Waals surface area contributed by atoms with Gasteiger partial charge in [0.1, 0.15) is 23.5 Å². The Kier molecular flexibility index (Phi) is 7.53. The van der Waals surface area contributed by atoms with Crippen molar-refractivity contribution in [1.29, 1.82) is 0 Å². The summed E-state index contributed by atoms with van der Waals surface area (Å²) >= 11 is 0. The summed E-state index contributed by atoms with van der Waals surface area (Å²) in [6.45, 7) is 0.709. The molecule has 6 rings (SSSR count). The molecule has 0 aromatic carbocycles. The summed E-state index contributed by atoms with van der Waals surface area (Å²) < 4.78 is 0. The second-order valence-electron chi connectivity index (χ2n) is 9.52. The number of nitrogens with one attached hydrogen (secondary N) is 6. The molecule has 16 nitrogen and oxygen atoms in total. The van der Waals surface area contributed by atoms with E-state index in [1.54, 1.807) is 24.5 Å². The molecule has 4 aromatic heterocycles. The van der Waals surface area contributed by atoms with Crippen LogP contribution < -0.4 is 33.2 Å². The maximum atomic E-state index is 11.9. The fourth-order valence-electron chi connectivity index (χ4n) is 4.70. The van der Waals surface area contributed by atoms with Gasteiger partial charge in [-0.3, -0.25) is 19.6 Å². The maximum absolute atomic E-state index is 11.9. The molecule has 14 N–H and O–H groups in total. The highest BCUT2D eigenvalue weighted by atomic mass is 16.3. The Balaban J connectivity index is 0.000000161. The molecule has 0 spiro atoms. The van der Waals surface area contributed by atoms with Crippen LogP contribution in [0.15, 0.2) is 46.3 Å². The predicted molar refractivity (Wildman–Crippen MR) is 146 cm³/mol. The fraction of sp³-hybridized carbons (Fsp3) is 0.333. The quantitative estimate of drug-likeness (QED) is 0.107. The minimum Gasteiger partial charge on any atom is -0.388 e. The van der Waals surface area contributed by atoms with E-state index in [1.807, 2.05) is 0 Å². The van der Waals surface area contributed by atoms with Crippen molar-refractivity contribution in [2.24, 2.45) is 0 Å². The molecule has 0 saturated carbocycles. The molecule has 0 amide bonds. The van der Waals surface area contributed by atoms with Crippen LogP contribution in [0.3, 0.4) is 0 Å². The lowest BCUT2D eigenvalue weighted by Gasteiger charge is -2.17. The monoisotopic (exact) mass is 554 g/mol. The van der Waals surface area contributed by atoms with Gasteiger partial charge < -0.3 is 52.5 Å². The van der Waals surface area contributed by atoms with Crippen LogP contribution in [-0.2, 0) is 13.1 Å². The average Bonchev–Trinajstić information content (AvgIpc) is 3.66. The first-order chi connectivity index (χ1) is 19.1. The maximum Gasteiger partial charge on any atom is 0.262 e. The summed E-state index contributed by atoms with van der Waals surface area (Å²) in [4.78, 5) is 42.4. The minimum atomic E-state index is -0.882. The molecule has 0 unspecified atom stereocenters. The van der Waals surface area contributed by atoms with Gasteiger partial charge in [-0.2, -0.15) is 9.97 Å². The van der Waals surface area contributed by atoms with Crippen molar-refractivity contribution in [2.45, 2.75) is 49.6 Å². The van der Waals surface area contributed by atoms with E-state index in [4.69, 9.17) is 11.5 Å². The molecular weight excluding hydrogens is 524 g/mol. The molecule has 0 radical (unpaired) electrons. The number of nitrogens with two attached hydrogens (primary N) is 2. The Labute approximate surface area is 224 Å². The second kappa shape index (κ2) is 11.0. The number of nitrogen functional groups attached to an aromatic ring is 2. The number of aliphatic hydroxyl groups excluding tert-OH is 4. The number of hydrogen-bond donors (Lipinski definition) is 12. The molecule has 40 heavy (non-hydrogen) atoms. The lowest BCUT2D eigenvalue weighted by Crippen LogP contribution is -2.40. The number of anilines is 2. The first-order valence-corrected chi connectivity index (χ1v) is 12.4. The third-order valence-electron chi connectivity index (χ3n) is 6.81. The smallest absolute Gasteiger partial charge is 0.262 e. The van der Waals surface area contributed by atoms with Gasteiger partial charge in [-0.25, -0.2) is 0 Å². The first-order valence-electron chi connectivity index (χ1n) is 12.4. The van der Waals surface area contributed by atoms with Gasteiger partial charge in [0.05, 0.1) is 35.1 Å². The van der Waals surface area contributed by atoms with Crippen molar-refractivity contribution in [1.82, 2.24) is 40.5 Å². The molecule has 6 atom stereocenters. The Bertz CT molecular complexity index is 1560. The van der Waals surface area contributed by atoms with E-state index in [0.717, 1.165) is 11.1 Å². The summed E-state index contributed by atoms with van der Waals surface area (Å²) in [7, 11) is 0. The van der Waals surface area contributed by atoms with E-state index in [0.29, 0.717) is 35.2 Å². The van der Waals surface area contributed by atoms with E-state index >= 15 is 0 Å². The zero-order valence-electron chi connectivity index (χ0n) is 21.0. The number of fused-ring (bicyclic) bond motifs is 2. The standard InChI is InChI=1S/2C12H15N5O3/c2*13-12-16-10-8(11(20)17-12)5(4-15-10)3-14-6-1-2-7(18)9(6)19/h2*1-2,4,6-7,9,14,18-19H,3H2,(H4,13,15,16,17,20)/t2*6-,7-,9+/m10/s1. The molecular formula is C24H30N10O6. The topological polar surface area (TPSA) is 280 Å². The number of rotatable bonds is 6. The van der Waals surface area contributed by atoms with E-state index in [9.17, 15) is 30.0 Å². The van der Waals surface area contributed by atoms with Crippen LogP contribution in [0, 0.1) is 0 Å².